The summed E-state index contributed by atoms with van der Waals surface area (Å²) in [4.78, 5) is 2.24. The minimum atomic E-state index is -3.36. The van der Waals surface area contributed by atoms with E-state index in [1.165, 1.54) is 0 Å². The van der Waals surface area contributed by atoms with Crippen molar-refractivity contribution in [3.05, 3.63) is 24.3 Å². The lowest BCUT2D eigenvalue weighted by molar-refractivity contribution is 0.197. The zero-order chi connectivity index (χ0) is 13.9. The molecule has 1 aromatic carbocycles. The maximum atomic E-state index is 11.2. The number of hydrogen-bond donors (Lipinski definition) is 1. The Morgan fingerprint density at radius 2 is 1.89 bits per heavy atom. The molecule has 106 valence electrons. The summed E-state index contributed by atoms with van der Waals surface area (Å²) in [5.41, 5.74) is 7.54. The average molecular weight is 284 g/mol. The highest BCUT2D eigenvalue weighted by atomic mass is 32.2. The van der Waals surface area contributed by atoms with Gasteiger partial charge in [0.15, 0.2) is 0 Å². The van der Waals surface area contributed by atoms with Crippen molar-refractivity contribution >= 4 is 21.5 Å². The average Bonchev–Trinajstić information content (AvgIpc) is 2.54. The number of nitrogens with two attached hydrogens (primary N) is 1. The van der Waals surface area contributed by atoms with Gasteiger partial charge in [0.2, 0.25) is 0 Å². The van der Waals surface area contributed by atoms with Crippen molar-refractivity contribution in [3.63, 3.8) is 0 Å². The molecule has 2 N–H and O–H groups in total. The maximum absolute atomic E-state index is 11.2. The van der Waals surface area contributed by atoms with Gasteiger partial charge in [-0.05, 0) is 43.5 Å². The Kier molecular flexibility index (Phi) is 4.31. The van der Waals surface area contributed by atoms with Gasteiger partial charge in [0.1, 0.15) is 0 Å². The maximum Gasteiger partial charge on any atom is 0.264 e. The van der Waals surface area contributed by atoms with Gasteiger partial charge in [-0.3, -0.25) is 4.18 Å². The van der Waals surface area contributed by atoms with Gasteiger partial charge >= 0.3 is 0 Å². The van der Waals surface area contributed by atoms with Gasteiger partial charge in [-0.25, -0.2) is 0 Å². The zero-order valence-corrected chi connectivity index (χ0v) is 11.9. The van der Waals surface area contributed by atoms with Crippen LogP contribution in [0.15, 0.2) is 24.3 Å². The number of rotatable bonds is 3. The lowest BCUT2D eigenvalue weighted by atomic mass is 10.2. The Morgan fingerprint density at radius 1 is 1.21 bits per heavy atom. The first kappa shape index (κ1) is 14.1. The van der Waals surface area contributed by atoms with Crippen LogP contribution in [-0.2, 0) is 14.3 Å². The summed E-state index contributed by atoms with van der Waals surface area (Å²) < 4.78 is 27.4. The highest BCUT2D eigenvalue weighted by molar-refractivity contribution is 7.86. The molecular formula is C13H20N2O3S. The van der Waals surface area contributed by atoms with Crippen molar-refractivity contribution in [1.82, 2.24) is 0 Å². The highest BCUT2D eigenvalue weighted by Gasteiger charge is 2.20. The highest BCUT2D eigenvalue weighted by Crippen LogP contribution is 2.22. The van der Waals surface area contributed by atoms with E-state index in [-0.39, 0.29) is 6.10 Å². The minimum absolute atomic E-state index is 0.200. The van der Waals surface area contributed by atoms with Gasteiger partial charge in [-0.2, -0.15) is 8.42 Å². The third-order valence-corrected chi connectivity index (χ3v) is 3.87. The zero-order valence-electron chi connectivity index (χ0n) is 11.1. The number of hydrogen-bond acceptors (Lipinski definition) is 5. The molecule has 0 amide bonds. The third-order valence-electron chi connectivity index (χ3n) is 3.24. The molecule has 1 fully saturated rings. The summed E-state index contributed by atoms with van der Waals surface area (Å²) in [6.07, 6.45) is 3.32. The fraction of sp³-hybridized carbons (Fsp3) is 0.538. The Hall–Kier alpha value is -1.27. The molecule has 1 atom stereocenters. The predicted molar refractivity (Wildman–Crippen MR) is 76.6 cm³/mol. The molecule has 1 saturated heterocycles. The van der Waals surface area contributed by atoms with E-state index in [1.807, 2.05) is 24.3 Å². The normalized spacial score (nSPS) is 21.1. The van der Waals surface area contributed by atoms with Crippen LogP contribution in [0.25, 0.3) is 0 Å². The van der Waals surface area contributed by atoms with Crippen LogP contribution in [0.4, 0.5) is 11.4 Å². The van der Waals surface area contributed by atoms with Crippen molar-refractivity contribution in [2.75, 3.05) is 30.0 Å². The Balaban J connectivity index is 1.98. The second-order valence-corrected chi connectivity index (χ2v) is 6.53. The second-order valence-electron chi connectivity index (χ2n) is 4.93. The summed E-state index contributed by atoms with van der Waals surface area (Å²) in [6.45, 7) is 1.71. The molecule has 1 unspecified atom stereocenters. The first-order chi connectivity index (χ1) is 8.94. The van der Waals surface area contributed by atoms with Crippen LogP contribution in [0, 0.1) is 0 Å². The molecule has 0 saturated carbocycles. The van der Waals surface area contributed by atoms with E-state index in [9.17, 15) is 8.42 Å². The molecule has 0 aliphatic carbocycles. The standard InChI is InChI=1S/C13H20N2O3S/c1-19(16,17)18-13-3-2-9-15(10-8-13)12-6-4-11(14)5-7-12/h4-7,13H,2-3,8-10,14H2,1H3. The van der Waals surface area contributed by atoms with Crippen LogP contribution in [0.2, 0.25) is 0 Å². The Labute approximate surface area is 114 Å². The van der Waals surface area contributed by atoms with Gasteiger partial charge in [0.05, 0.1) is 12.4 Å². The SMILES string of the molecule is CS(=O)(=O)OC1CCCN(c2ccc(N)cc2)CC1. The summed E-state index contributed by atoms with van der Waals surface area (Å²) in [6, 6.07) is 7.75. The van der Waals surface area contributed by atoms with Gasteiger partial charge in [-0.15, -0.1) is 0 Å². The van der Waals surface area contributed by atoms with Crippen molar-refractivity contribution < 1.29 is 12.6 Å². The predicted octanol–water partition coefficient (Wildman–Crippen LogP) is 1.60. The molecule has 0 bridgehead atoms. The summed E-state index contributed by atoms with van der Waals surface area (Å²) in [5.74, 6) is 0. The summed E-state index contributed by atoms with van der Waals surface area (Å²) in [7, 11) is -3.36. The van der Waals surface area contributed by atoms with Crippen molar-refractivity contribution in [2.24, 2.45) is 0 Å². The molecule has 19 heavy (non-hydrogen) atoms. The molecule has 0 spiro atoms. The number of benzene rings is 1. The molecule has 1 aromatic rings. The van der Waals surface area contributed by atoms with Gasteiger partial charge in [0, 0.05) is 24.5 Å². The first-order valence-electron chi connectivity index (χ1n) is 6.43. The monoisotopic (exact) mass is 284 g/mol. The van der Waals surface area contributed by atoms with Crippen molar-refractivity contribution in [1.29, 1.82) is 0 Å². The van der Waals surface area contributed by atoms with Crippen molar-refractivity contribution in [3.8, 4) is 0 Å². The van der Waals surface area contributed by atoms with Crippen LogP contribution >= 0.6 is 0 Å². The number of nitrogens with zero attached hydrogens (tertiary/aromatic N) is 1. The second kappa shape index (κ2) is 5.79. The topological polar surface area (TPSA) is 72.6 Å². The van der Waals surface area contributed by atoms with E-state index < -0.39 is 10.1 Å². The largest absolute Gasteiger partial charge is 0.399 e. The molecule has 1 heterocycles. The molecule has 1 aliphatic heterocycles. The third kappa shape index (κ3) is 4.40. The fourth-order valence-corrected chi connectivity index (χ4v) is 3.04. The molecule has 0 aromatic heterocycles. The smallest absolute Gasteiger partial charge is 0.264 e. The Bertz CT molecular complexity index is 513. The first-order valence-corrected chi connectivity index (χ1v) is 8.24. The van der Waals surface area contributed by atoms with E-state index in [0.717, 1.165) is 50.0 Å². The van der Waals surface area contributed by atoms with Gasteiger partial charge < -0.3 is 10.6 Å². The van der Waals surface area contributed by atoms with Gasteiger partial charge in [0.25, 0.3) is 10.1 Å². The van der Waals surface area contributed by atoms with Crippen LogP contribution in [0.5, 0.6) is 0 Å². The quantitative estimate of drug-likeness (QED) is 0.674. The molecular weight excluding hydrogens is 264 g/mol. The molecule has 0 radical (unpaired) electrons. The van der Waals surface area contributed by atoms with Crippen molar-refractivity contribution in [2.45, 2.75) is 25.4 Å². The van der Waals surface area contributed by atoms with E-state index in [4.69, 9.17) is 9.92 Å². The van der Waals surface area contributed by atoms with E-state index >= 15 is 0 Å². The summed E-state index contributed by atoms with van der Waals surface area (Å²) in [5, 5.41) is 0. The molecule has 1 aliphatic rings. The molecule has 2 rings (SSSR count). The van der Waals surface area contributed by atoms with Crippen LogP contribution in [0.3, 0.4) is 0 Å². The number of nitrogen functional groups attached to an aromatic ring is 1. The lowest BCUT2D eigenvalue weighted by Gasteiger charge is -2.22. The van der Waals surface area contributed by atoms with Crippen LogP contribution in [0.1, 0.15) is 19.3 Å². The Morgan fingerprint density at radius 3 is 2.53 bits per heavy atom. The lowest BCUT2D eigenvalue weighted by Crippen LogP contribution is -2.25. The van der Waals surface area contributed by atoms with Crippen LogP contribution in [-0.4, -0.2) is 33.9 Å². The van der Waals surface area contributed by atoms with Gasteiger partial charge in [-0.1, -0.05) is 0 Å². The molecule has 5 nitrogen and oxygen atoms in total. The van der Waals surface area contributed by atoms with E-state index in [1.54, 1.807) is 0 Å². The number of anilines is 2. The van der Waals surface area contributed by atoms with E-state index in [0.29, 0.717) is 0 Å². The summed E-state index contributed by atoms with van der Waals surface area (Å²) >= 11 is 0. The molecule has 6 heteroatoms. The fourth-order valence-electron chi connectivity index (χ4n) is 2.35. The van der Waals surface area contributed by atoms with E-state index in [2.05, 4.69) is 4.90 Å². The van der Waals surface area contributed by atoms with Crippen LogP contribution < -0.4 is 10.6 Å². The minimum Gasteiger partial charge on any atom is -0.399 e.